The third kappa shape index (κ3) is 4.44. The van der Waals surface area contributed by atoms with Crippen LogP contribution < -0.4 is 15.0 Å². The van der Waals surface area contributed by atoms with Crippen LogP contribution in [0.25, 0.3) is 5.65 Å². The first-order valence-electron chi connectivity index (χ1n) is 8.48. The van der Waals surface area contributed by atoms with Crippen molar-refractivity contribution >= 4 is 11.6 Å². The van der Waals surface area contributed by atoms with Gasteiger partial charge in [-0.2, -0.15) is 0 Å². The second kappa shape index (κ2) is 8.35. The van der Waals surface area contributed by atoms with Crippen LogP contribution in [0.3, 0.4) is 0 Å². The Morgan fingerprint density at radius 3 is 2.67 bits per heavy atom. The van der Waals surface area contributed by atoms with E-state index in [4.69, 9.17) is 14.2 Å². The zero-order valence-electron chi connectivity index (χ0n) is 15.2. The first-order valence-corrected chi connectivity index (χ1v) is 8.48. The largest absolute Gasteiger partial charge is 0.493 e. The maximum Gasteiger partial charge on any atom is 0.309 e. The number of methoxy groups -OCH3 is 1. The fourth-order valence-corrected chi connectivity index (χ4v) is 2.65. The fourth-order valence-electron chi connectivity index (χ4n) is 2.65. The van der Waals surface area contributed by atoms with Gasteiger partial charge in [0.15, 0.2) is 11.5 Å². The first kappa shape index (κ1) is 18.4. The molecule has 0 N–H and O–H groups in total. The minimum atomic E-state index is -0.434. The average Bonchev–Trinajstić information content (AvgIpc) is 2.66. The standard InChI is InChI=1S/C20H20N2O5/c1-14-6-5-9-18-21-15(12-19(23)22(14)18)13-27-20(24)10-11-26-17-8-4-3-7-16(17)25-2/h3-9,12H,10-11,13H2,1-2H3. The number of rotatable bonds is 7. The molecular weight excluding hydrogens is 348 g/mol. The summed E-state index contributed by atoms with van der Waals surface area (Å²) in [5.41, 5.74) is 1.52. The molecule has 3 rings (SSSR count). The van der Waals surface area contributed by atoms with Crippen molar-refractivity contribution in [2.75, 3.05) is 13.7 Å². The van der Waals surface area contributed by atoms with Gasteiger partial charge in [0.2, 0.25) is 0 Å². The van der Waals surface area contributed by atoms with E-state index in [0.29, 0.717) is 22.8 Å². The Kier molecular flexibility index (Phi) is 5.71. The van der Waals surface area contributed by atoms with Crippen LogP contribution in [-0.2, 0) is 16.1 Å². The number of fused-ring (bicyclic) bond motifs is 1. The number of aromatic nitrogens is 2. The normalized spacial score (nSPS) is 10.6. The SMILES string of the molecule is COc1ccccc1OCCC(=O)OCc1cc(=O)n2c(C)cccc2n1. The van der Waals surface area contributed by atoms with Crippen molar-refractivity contribution < 1.29 is 19.0 Å². The van der Waals surface area contributed by atoms with Crippen molar-refractivity contribution in [2.45, 2.75) is 20.0 Å². The smallest absolute Gasteiger partial charge is 0.309 e. The Labute approximate surface area is 156 Å². The van der Waals surface area contributed by atoms with Gasteiger partial charge in [-0.15, -0.1) is 0 Å². The van der Waals surface area contributed by atoms with Crippen LogP contribution in [0, 0.1) is 6.92 Å². The number of hydrogen-bond acceptors (Lipinski definition) is 6. The number of carbonyl (C=O) groups excluding carboxylic acids is 1. The summed E-state index contributed by atoms with van der Waals surface area (Å²) in [5.74, 6) is 0.727. The molecule has 0 bridgehead atoms. The highest BCUT2D eigenvalue weighted by Gasteiger charge is 2.09. The summed E-state index contributed by atoms with van der Waals surface area (Å²) < 4.78 is 17.4. The molecule has 0 fully saturated rings. The number of pyridine rings is 1. The van der Waals surface area contributed by atoms with E-state index in [1.807, 2.05) is 31.2 Å². The third-order valence-corrected chi connectivity index (χ3v) is 3.95. The second-order valence-corrected chi connectivity index (χ2v) is 5.86. The van der Waals surface area contributed by atoms with E-state index in [1.165, 1.54) is 10.5 Å². The summed E-state index contributed by atoms with van der Waals surface area (Å²) in [7, 11) is 1.55. The van der Waals surface area contributed by atoms with Crippen molar-refractivity contribution in [3.8, 4) is 11.5 Å². The minimum Gasteiger partial charge on any atom is -0.493 e. The van der Waals surface area contributed by atoms with Crippen LogP contribution in [-0.4, -0.2) is 29.1 Å². The van der Waals surface area contributed by atoms with Gasteiger partial charge in [0.25, 0.3) is 5.56 Å². The Bertz CT molecular complexity index is 1010. The molecule has 0 aliphatic rings. The number of para-hydroxylation sites is 2. The predicted octanol–water partition coefficient (Wildman–Crippen LogP) is 2.52. The molecule has 0 aliphatic carbocycles. The van der Waals surface area contributed by atoms with Crippen LogP contribution in [0.5, 0.6) is 11.5 Å². The van der Waals surface area contributed by atoms with Crippen molar-refractivity contribution in [1.82, 2.24) is 9.38 Å². The van der Waals surface area contributed by atoms with E-state index >= 15 is 0 Å². The Hall–Kier alpha value is -3.35. The van der Waals surface area contributed by atoms with Gasteiger partial charge in [-0.1, -0.05) is 18.2 Å². The summed E-state index contributed by atoms with van der Waals surface area (Å²) in [5, 5.41) is 0. The molecule has 2 heterocycles. The molecule has 0 spiro atoms. The molecule has 1 aromatic carbocycles. The summed E-state index contributed by atoms with van der Waals surface area (Å²) in [6.07, 6.45) is 0.0731. The number of benzene rings is 1. The van der Waals surface area contributed by atoms with Crippen molar-refractivity contribution in [2.24, 2.45) is 0 Å². The lowest BCUT2D eigenvalue weighted by Crippen LogP contribution is -2.18. The number of nitrogens with zero attached hydrogens (tertiary/aromatic N) is 2. The Morgan fingerprint density at radius 1 is 1.11 bits per heavy atom. The van der Waals surface area contributed by atoms with Gasteiger partial charge in [0.1, 0.15) is 12.3 Å². The van der Waals surface area contributed by atoms with Crippen LogP contribution >= 0.6 is 0 Å². The molecule has 7 nitrogen and oxygen atoms in total. The van der Waals surface area contributed by atoms with Gasteiger partial charge >= 0.3 is 5.97 Å². The average molecular weight is 368 g/mol. The molecule has 0 aliphatic heterocycles. The summed E-state index contributed by atoms with van der Waals surface area (Å²) in [4.78, 5) is 28.5. The number of esters is 1. The Balaban J connectivity index is 1.55. The topological polar surface area (TPSA) is 79.1 Å². The molecule has 0 amide bonds. The highest BCUT2D eigenvalue weighted by Crippen LogP contribution is 2.25. The lowest BCUT2D eigenvalue weighted by Gasteiger charge is -2.10. The minimum absolute atomic E-state index is 0.0623. The van der Waals surface area contributed by atoms with Gasteiger partial charge in [-0.3, -0.25) is 14.0 Å². The van der Waals surface area contributed by atoms with E-state index < -0.39 is 5.97 Å². The number of carbonyl (C=O) groups is 1. The van der Waals surface area contributed by atoms with Crippen LogP contribution in [0.4, 0.5) is 0 Å². The quantitative estimate of drug-likeness (QED) is 0.596. The predicted molar refractivity (Wildman–Crippen MR) is 99.1 cm³/mol. The molecule has 140 valence electrons. The first-order chi connectivity index (χ1) is 13.1. The van der Waals surface area contributed by atoms with Gasteiger partial charge < -0.3 is 14.2 Å². The molecule has 2 aromatic heterocycles. The molecular formula is C20H20N2O5. The number of ether oxygens (including phenoxy) is 3. The van der Waals surface area contributed by atoms with Gasteiger partial charge in [-0.05, 0) is 31.2 Å². The maximum absolute atomic E-state index is 12.2. The Morgan fingerprint density at radius 2 is 1.89 bits per heavy atom. The maximum atomic E-state index is 12.2. The molecule has 0 saturated heterocycles. The molecule has 27 heavy (non-hydrogen) atoms. The van der Waals surface area contributed by atoms with Crippen LogP contribution in [0.2, 0.25) is 0 Å². The van der Waals surface area contributed by atoms with E-state index in [2.05, 4.69) is 4.98 Å². The summed E-state index contributed by atoms with van der Waals surface area (Å²) in [6.45, 7) is 1.93. The van der Waals surface area contributed by atoms with E-state index in [1.54, 1.807) is 25.3 Å². The van der Waals surface area contributed by atoms with E-state index in [-0.39, 0.29) is 25.2 Å². The molecule has 0 unspecified atom stereocenters. The second-order valence-electron chi connectivity index (χ2n) is 5.86. The van der Waals surface area contributed by atoms with Gasteiger partial charge in [0.05, 0.1) is 25.8 Å². The zero-order valence-corrected chi connectivity index (χ0v) is 15.2. The van der Waals surface area contributed by atoms with Crippen molar-refractivity contribution in [3.63, 3.8) is 0 Å². The van der Waals surface area contributed by atoms with E-state index in [0.717, 1.165) is 5.69 Å². The third-order valence-electron chi connectivity index (χ3n) is 3.95. The lowest BCUT2D eigenvalue weighted by molar-refractivity contribution is -0.145. The zero-order chi connectivity index (χ0) is 19.2. The number of hydrogen-bond donors (Lipinski definition) is 0. The van der Waals surface area contributed by atoms with Crippen molar-refractivity contribution in [1.29, 1.82) is 0 Å². The van der Waals surface area contributed by atoms with Gasteiger partial charge in [-0.25, -0.2) is 4.98 Å². The van der Waals surface area contributed by atoms with Crippen LogP contribution in [0.15, 0.2) is 53.3 Å². The highest BCUT2D eigenvalue weighted by molar-refractivity contribution is 5.69. The number of aryl methyl sites for hydroxylation is 1. The van der Waals surface area contributed by atoms with E-state index in [9.17, 15) is 9.59 Å². The summed E-state index contributed by atoms with van der Waals surface area (Å²) >= 11 is 0. The summed E-state index contributed by atoms with van der Waals surface area (Å²) in [6, 6.07) is 14.0. The molecule has 3 aromatic rings. The fraction of sp³-hybridized carbons (Fsp3) is 0.250. The molecule has 7 heteroatoms. The van der Waals surface area contributed by atoms with Gasteiger partial charge in [0, 0.05) is 11.8 Å². The monoisotopic (exact) mass is 368 g/mol. The molecule has 0 radical (unpaired) electrons. The molecule has 0 atom stereocenters. The lowest BCUT2D eigenvalue weighted by atomic mass is 10.3. The van der Waals surface area contributed by atoms with Crippen molar-refractivity contribution in [3.05, 3.63) is 70.3 Å². The highest BCUT2D eigenvalue weighted by atomic mass is 16.5. The molecule has 0 saturated carbocycles. The van der Waals surface area contributed by atoms with Crippen LogP contribution in [0.1, 0.15) is 17.8 Å².